The van der Waals surface area contributed by atoms with Crippen LogP contribution in [0.2, 0.25) is 0 Å². The molecule has 2 N–H and O–H groups in total. The number of carbonyl (C=O) groups is 1. The standard InChI is InChI=1S/C34H45N7O2S/c1-4-43-31-15-13-29(14-16-31)36-24-30-12-8-21-41(30)34-38-37-33(44-34)39-22-17-28(18-23-39)32(42)35-19-9-20-40(26(2)3)25-27-10-6-5-7-11-27/h5-8,10-16,21,26,28,36H,4,9,17-20,22-25H2,1-3H3,(H,35,42). The Hall–Kier alpha value is -3.89. The van der Waals surface area contributed by atoms with Gasteiger partial charge < -0.3 is 20.3 Å². The van der Waals surface area contributed by atoms with E-state index in [9.17, 15) is 4.79 Å². The highest BCUT2D eigenvalue weighted by atomic mass is 32.1. The molecule has 0 spiro atoms. The van der Waals surface area contributed by atoms with Crippen LogP contribution >= 0.6 is 11.3 Å². The number of hydrogen-bond acceptors (Lipinski definition) is 8. The number of ether oxygens (including phenoxy) is 1. The second-order valence-electron chi connectivity index (χ2n) is 11.5. The molecule has 1 saturated heterocycles. The van der Waals surface area contributed by atoms with Crippen LogP contribution in [0.3, 0.4) is 0 Å². The number of nitrogens with one attached hydrogen (secondary N) is 2. The fraction of sp³-hybridized carbons (Fsp3) is 0.441. The number of hydrogen-bond donors (Lipinski definition) is 2. The largest absolute Gasteiger partial charge is 0.494 e. The summed E-state index contributed by atoms with van der Waals surface area (Å²) in [4.78, 5) is 17.7. The van der Waals surface area contributed by atoms with Gasteiger partial charge >= 0.3 is 0 Å². The van der Waals surface area contributed by atoms with Crippen molar-refractivity contribution >= 4 is 28.1 Å². The minimum atomic E-state index is 0.0499. The van der Waals surface area contributed by atoms with Crippen LogP contribution in [0.4, 0.5) is 10.8 Å². The molecule has 5 rings (SSSR count). The van der Waals surface area contributed by atoms with Gasteiger partial charge in [-0.2, -0.15) is 0 Å². The second kappa shape index (κ2) is 15.7. The Morgan fingerprint density at radius 3 is 2.50 bits per heavy atom. The highest BCUT2D eigenvalue weighted by Crippen LogP contribution is 2.29. The molecule has 10 heteroatoms. The zero-order chi connectivity index (χ0) is 30.7. The van der Waals surface area contributed by atoms with E-state index in [2.05, 4.69) is 85.4 Å². The number of rotatable bonds is 15. The summed E-state index contributed by atoms with van der Waals surface area (Å²) >= 11 is 1.59. The van der Waals surface area contributed by atoms with Crippen LogP contribution in [0, 0.1) is 5.92 Å². The van der Waals surface area contributed by atoms with E-state index < -0.39 is 0 Å². The number of aromatic nitrogens is 3. The first-order valence-electron chi connectivity index (χ1n) is 15.8. The Kier molecular flexibility index (Phi) is 11.3. The van der Waals surface area contributed by atoms with Crippen molar-refractivity contribution in [3.63, 3.8) is 0 Å². The van der Waals surface area contributed by atoms with Crippen molar-refractivity contribution in [3.8, 4) is 10.9 Å². The Labute approximate surface area is 265 Å². The normalized spacial score (nSPS) is 13.9. The zero-order valence-corrected chi connectivity index (χ0v) is 26.9. The van der Waals surface area contributed by atoms with Gasteiger partial charge in [-0.05, 0) is 82.0 Å². The summed E-state index contributed by atoms with van der Waals surface area (Å²) in [6, 6.07) is 23.2. The van der Waals surface area contributed by atoms with E-state index in [4.69, 9.17) is 4.74 Å². The predicted octanol–water partition coefficient (Wildman–Crippen LogP) is 5.97. The molecule has 1 aliphatic rings. The van der Waals surface area contributed by atoms with E-state index in [0.717, 1.165) is 72.8 Å². The number of anilines is 2. The van der Waals surface area contributed by atoms with Gasteiger partial charge in [-0.15, -0.1) is 10.2 Å². The molecule has 0 saturated carbocycles. The molecule has 2 aromatic heterocycles. The molecule has 3 heterocycles. The highest BCUT2D eigenvalue weighted by Gasteiger charge is 2.27. The lowest BCUT2D eigenvalue weighted by molar-refractivity contribution is -0.125. The average Bonchev–Trinajstić information content (AvgIpc) is 3.73. The predicted molar refractivity (Wildman–Crippen MR) is 179 cm³/mol. The van der Waals surface area contributed by atoms with Gasteiger partial charge in [0.05, 0.1) is 13.2 Å². The molecule has 0 bridgehead atoms. The van der Waals surface area contributed by atoms with Crippen molar-refractivity contribution < 1.29 is 9.53 Å². The molecule has 234 valence electrons. The number of carbonyl (C=O) groups excluding carboxylic acids is 1. The summed E-state index contributed by atoms with van der Waals surface area (Å²) in [5, 5.41) is 17.4. The molecule has 9 nitrogen and oxygen atoms in total. The van der Waals surface area contributed by atoms with Gasteiger partial charge in [0, 0.05) is 62.3 Å². The van der Waals surface area contributed by atoms with Gasteiger partial charge in [-0.3, -0.25) is 14.3 Å². The van der Waals surface area contributed by atoms with Crippen molar-refractivity contribution in [2.75, 3.05) is 43.0 Å². The highest BCUT2D eigenvalue weighted by molar-refractivity contribution is 7.17. The Balaban J connectivity index is 1.05. The van der Waals surface area contributed by atoms with Crippen LogP contribution in [0.25, 0.3) is 5.13 Å². The summed E-state index contributed by atoms with van der Waals surface area (Å²) in [5.74, 6) is 1.10. The molecule has 1 amide bonds. The fourth-order valence-electron chi connectivity index (χ4n) is 5.52. The van der Waals surface area contributed by atoms with Crippen LogP contribution < -0.4 is 20.3 Å². The number of piperidine rings is 1. The smallest absolute Gasteiger partial charge is 0.223 e. The first-order chi connectivity index (χ1) is 21.5. The summed E-state index contributed by atoms with van der Waals surface area (Å²) in [5.41, 5.74) is 3.46. The summed E-state index contributed by atoms with van der Waals surface area (Å²) < 4.78 is 7.62. The van der Waals surface area contributed by atoms with Gasteiger partial charge in [0.15, 0.2) is 0 Å². The summed E-state index contributed by atoms with van der Waals surface area (Å²) in [6.07, 6.45) is 4.62. The molecular formula is C34H45N7O2S. The van der Waals surface area contributed by atoms with E-state index in [1.807, 2.05) is 43.5 Å². The maximum atomic E-state index is 12.9. The lowest BCUT2D eigenvalue weighted by atomic mass is 9.96. The third-order valence-electron chi connectivity index (χ3n) is 8.10. The zero-order valence-electron chi connectivity index (χ0n) is 26.1. The van der Waals surface area contributed by atoms with Gasteiger partial charge in [-0.25, -0.2) is 0 Å². The van der Waals surface area contributed by atoms with Gasteiger partial charge in [0.2, 0.25) is 16.2 Å². The maximum Gasteiger partial charge on any atom is 0.223 e. The van der Waals surface area contributed by atoms with Crippen LogP contribution in [-0.2, 0) is 17.9 Å². The molecule has 0 radical (unpaired) electrons. The fourth-order valence-corrected chi connectivity index (χ4v) is 6.43. The quantitative estimate of drug-likeness (QED) is 0.159. The lowest BCUT2D eigenvalue weighted by Gasteiger charge is -2.31. The van der Waals surface area contributed by atoms with E-state index in [-0.39, 0.29) is 11.8 Å². The number of nitrogens with zero attached hydrogens (tertiary/aromatic N) is 5. The van der Waals surface area contributed by atoms with Gasteiger partial charge in [0.25, 0.3) is 0 Å². The first kappa shape index (κ1) is 31.5. The molecule has 0 atom stereocenters. The minimum Gasteiger partial charge on any atom is -0.494 e. The second-order valence-corrected chi connectivity index (χ2v) is 12.4. The monoisotopic (exact) mass is 615 g/mol. The molecule has 44 heavy (non-hydrogen) atoms. The molecule has 0 unspecified atom stereocenters. The summed E-state index contributed by atoms with van der Waals surface area (Å²) in [7, 11) is 0. The molecule has 2 aromatic carbocycles. The van der Waals surface area contributed by atoms with Crippen LogP contribution in [0.15, 0.2) is 72.9 Å². The average molecular weight is 616 g/mol. The van der Waals surface area contributed by atoms with Crippen molar-refractivity contribution in [2.45, 2.75) is 59.2 Å². The number of amides is 1. The Morgan fingerprint density at radius 2 is 1.77 bits per heavy atom. The molecule has 4 aromatic rings. The van der Waals surface area contributed by atoms with E-state index in [1.165, 1.54) is 5.56 Å². The third-order valence-corrected chi connectivity index (χ3v) is 9.08. The molecular weight excluding hydrogens is 570 g/mol. The molecule has 1 aliphatic heterocycles. The van der Waals surface area contributed by atoms with Crippen molar-refractivity contribution in [3.05, 3.63) is 84.2 Å². The SMILES string of the molecule is CCOc1ccc(NCc2cccn2-c2nnc(N3CCC(C(=O)NCCCN(Cc4ccccc4)C(C)C)CC3)s2)cc1. The topological polar surface area (TPSA) is 87.5 Å². The Morgan fingerprint density at radius 1 is 1.02 bits per heavy atom. The third kappa shape index (κ3) is 8.60. The van der Waals surface area contributed by atoms with E-state index in [0.29, 0.717) is 25.7 Å². The van der Waals surface area contributed by atoms with Crippen molar-refractivity contribution in [1.29, 1.82) is 0 Å². The molecule has 0 aliphatic carbocycles. The van der Waals surface area contributed by atoms with Crippen molar-refractivity contribution in [2.24, 2.45) is 5.92 Å². The minimum absolute atomic E-state index is 0.0499. The van der Waals surface area contributed by atoms with E-state index in [1.54, 1.807) is 11.3 Å². The van der Waals surface area contributed by atoms with Gasteiger partial charge in [0.1, 0.15) is 5.75 Å². The summed E-state index contributed by atoms with van der Waals surface area (Å²) in [6.45, 7) is 12.0. The maximum absolute atomic E-state index is 12.9. The lowest BCUT2D eigenvalue weighted by Crippen LogP contribution is -2.41. The van der Waals surface area contributed by atoms with Crippen LogP contribution in [0.5, 0.6) is 5.75 Å². The molecule has 1 fully saturated rings. The van der Waals surface area contributed by atoms with Crippen LogP contribution in [0.1, 0.15) is 51.3 Å². The van der Waals surface area contributed by atoms with Crippen molar-refractivity contribution in [1.82, 2.24) is 25.0 Å². The van der Waals surface area contributed by atoms with E-state index >= 15 is 0 Å². The van der Waals surface area contributed by atoms with Crippen LogP contribution in [-0.4, -0.2) is 64.4 Å². The Bertz CT molecular complexity index is 1430. The first-order valence-corrected chi connectivity index (χ1v) is 16.6. The van der Waals surface area contributed by atoms with Gasteiger partial charge in [-0.1, -0.05) is 41.7 Å². The number of benzene rings is 2.